The highest BCUT2D eigenvalue weighted by atomic mass is 35.5. The second-order valence-corrected chi connectivity index (χ2v) is 17.7. The smallest absolute Gasteiger partial charge is 0.265 e. The van der Waals surface area contributed by atoms with Gasteiger partial charge in [-0.2, -0.15) is 40.4 Å². The van der Waals surface area contributed by atoms with Gasteiger partial charge in [0.2, 0.25) is 0 Å². The van der Waals surface area contributed by atoms with E-state index in [1.54, 1.807) is 19.3 Å². The van der Waals surface area contributed by atoms with Crippen LogP contribution in [0.5, 0.6) is 0 Å². The predicted octanol–water partition coefficient (Wildman–Crippen LogP) is 5.29. The Hall–Kier alpha value is -0.370. The number of hydrogen-bond donors (Lipinski definition) is 2. The maximum absolute atomic E-state index is 14.1. The van der Waals surface area contributed by atoms with Crippen molar-refractivity contribution in [1.29, 1.82) is 0 Å². The van der Waals surface area contributed by atoms with E-state index < -0.39 is 54.1 Å². The number of carbonyl (C=O) groups excluding carboxylic acids is 1. The molecule has 1 heterocycles. The molecule has 1 saturated carbocycles. The molecule has 0 spiro atoms. The normalized spacial score (nSPS) is 20.4. The van der Waals surface area contributed by atoms with Gasteiger partial charge >= 0.3 is 0 Å². The Labute approximate surface area is 273 Å². The second-order valence-electron chi connectivity index (χ2n) is 8.88. The third-order valence-electron chi connectivity index (χ3n) is 6.06. The summed E-state index contributed by atoms with van der Waals surface area (Å²) in [7, 11) is -8.43. The molecule has 1 aromatic rings. The first kappa shape index (κ1) is 37.8. The van der Waals surface area contributed by atoms with E-state index >= 15 is 0 Å². The zero-order valence-corrected chi connectivity index (χ0v) is 29.0. The summed E-state index contributed by atoms with van der Waals surface area (Å²) in [6.45, 7) is 5.24. The van der Waals surface area contributed by atoms with Crippen LogP contribution in [0.3, 0.4) is 0 Å². The molecule has 11 nitrogen and oxygen atoms in total. The van der Waals surface area contributed by atoms with E-state index in [-0.39, 0.29) is 27.7 Å². The van der Waals surface area contributed by atoms with Crippen molar-refractivity contribution in [2.24, 2.45) is 21.8 Å². The highest BCUT2D eigenvalue weighted by Gasteiger charge is 2.42. The van der Waals surface area contributed by atoms with Crippen molar-refractivity contribution in [2.75, 3.05) is 33.4 Å². The maximum Gasteiger partial charge on any atom is 0.265 e. The first-order valence-corrected chi connectivity index (χ1v) is 20.7. The molecule has 1 aliphatic carbocycles. The maximum atomic E-state index is 14.1. The number of halogens is 2. The number of Topliss-reactive ketones (excluding diaryl/α,β-unsaturated/α-hetero) is 1. The molecule has 4 atom stereocenters. The molecule has 0 bridgehead atoms. The molecule has 0 radical (unpaired) electrons. The minimum Gasteiger partial charge on any atom is -0.299 e. The van der Waals surface area contributed by atoms with Crippen LogP contribution in [-0.2, 0) is 25.0 Å². The number of hydrogen-bond acceptors (Lipinski definition) is 13. The quantitative estimate of drug-likeness (QED) is 0.0860. The van der Waals surface area contributed by atoms with Gasteiger partial charge in [-0.05, 0) is 26.5 Å². The zero-order chi connectivity index (χ0) is 31.3. The van der Waals surface area contributed by atoms with Crippen LogP contribution in [0.15, 0.2) is 38.6 Å². The minimum absolute atomic E-state index is 0.0329. The molecule has 0 saturated heterocycles. The van der Waals surface area contributed by atoms with E-state index in [0.717, 1.165) is 0 Å². The molecule has 2 N–H and O–H groups in total. The third kappa shape index (κ3) is 13.3. The lowest BCUT2D eigenvalue weighted by molar-refractivity contribution is -0.128. The molecule has 1 aliphatic rings. The van der Waals surface area contributed by atoms with Gasteiger partial charge in [-0.1, -0.05) is 29.9 Å². The van der Waals surface area contributed by atoms with Crippen LogP contribution in [0.2, 0.25) is 0 Å². The van der Waals surface area contributed by atoms with Gasteiger partial charge in [0.15, 0.2) is 0 Å². The molecule has 0 aromatic carbocycles. The Kier molecular flexibility index (Phi) is 16.7. The van der Waals surface area contributed by atoms with Gasteiger partial charge in [-0.25, -0.2) is 4.98 Å². The van der Waals surface area contributed by atoms with Gasteiger partial charge in [0.25, 0.3) is 20.2 Å². The van der Waals surface area contributed by atoms with Gasteiger partial charge in [0.05, 0.1) is 56.7 Å². The monoisotopic (exact) mass is 738 g/mol. The fourth-order valence-corrected chi connectivity index (χ4v) is 10.2. The number of ketones is 1. The van der Waals surface area contributed by atoms with Crippen molar-refractivity contribution in [2.45, 2.75) is 41.7 Å². The number of carbonyl (C=O) groups is 1. The summed E-state index contributed by atoms with van der Waals surface area (Å²) in [6.07, 6.45) is 6.30. The summed E-state index contributed by atoms with van der Waals surface area (Å²) in [4.78, 5) is 31.3. The lowest BCUT2D eigenvalue weighted by Crippen LogP contribution is -2.40. The lowest BCUT2D eigenvalue weighted by atomic mass is 9.75. The topological polar surface area (TPSA) is 176 Å². The highest BCUT2D eigenvalue weighted by molar-refractivity contribution is 8.04. The first-order valence-electron chi connectivity index (χ1n) is 12.4. The predicted molar refractivity (Wildman–Crippen MR) is 178 cm³/mol. The molecule has 236 valence electrons. The van der Waals surface area contributed by atoms with Crippen molar-refractivity contribution in [1.82, 2.24) is 9.97 Å². The van der Waals surface area contributed by atoms with E-state index in [4.69, 9.17) is 23.2 Å². The Morgan fingerprint density at radius 3 is 2.26 bits per heavy atom. The van der Waals surface area contributed by atoms with E-state index in [2.05, 4.69) is 26.7 Å². The standard InChI is InChI=1S/C23H32Cl2N4O7S6/c1-15(27-11-19(26-2)39-13-24)22(37-6-8-41(31,32)33)16-4-3-5-17(21(16)30)23(38-7-9-42(34,35)36)18-10-29-20(12-28-18)40-14-25/h10-12,16-17,22-23H,2-9,13-14H2,1H3,(H,31,32,33)(H,34,35,36)/b19-11+,27-15+. The third-order valence-corrected chi connectivity index (χ3v) is 12.8. The Morgan fingerprint density at radius 2 is 1.71 bits per heavy atom. The number of rotatable bonds is 18. The fraction of sp³-hybridized carbons (Fsp3) is 0.609. The summed E-state index contributed by atoms with van der Waals surface area (Å²) in [5, 5.41) is 0.539. The van der Waals surface area contributed by atoms with E-state index in [0.29, 0.717) is 40.7 Å². The highest BCUT2D eigenvalue weighted by Crippen LogP contribution is 2.44. The molecular weight excluding hydrogens is 708 g/mol. The Bertz CT molecular complexity index is 1330. The van der Waals surface area contributed by atoms with Crippen LogP contribution in [0.25, 0.3) is 0 Å². The number of aromatic nitrogens is 2. The zero-order valence-electron chi connectivity index (χ0n) is 22.5. The van der Waals surface area contributed by atoms with Crippen molar-refractivity contribution in [3.8, 4) is 0 Å². The SMILES string of the molecule is C=N/C(=C\N=C(/C)C(SCCS(=O)(=O)O)C1CCCC(C(SCCS(=O)(=O)O)c2cnc(SCCl)cn2)C1=O)SCCl. The van der Waals surface area contributed by atoms with Crippen molar-refractivity contribution in [3.05, 3.63) is 29.3 Å². The van der Waals surface area contributed by atoms with E-state index in [1.807, 2.05) is 0 Å². The number of aliphatic imine (C=N–C) groups is 2. The average Bonchev–Trinajstić information content (AvgIpc) is 2.91. The van der Waals surface area contributed by atoms with Crippen LogP contribution < -0.4 is 0 Å². The van der Waals surface area contributed by atoms with E-state index in [9.17, 15) is 30.7 Å². The van der Waals surface area contributed by atoms with Crippen molar-refractivity contribution in [3.63, 3.8) is 0 Å². The first-order chi connectivity index (χ1) is 19.8. The van der Waals surface area contributed by atoms with Gasteiger partial charge in [0, 0.05) is 29.1 Å². The van der Waals surface area contributed by atoms with Crippen molar-refractivity contribution < 1.29 is 30.7 Å². The Morgan fingerprint density at radius 1 is 1.07 bits per heavy atom. The molecular formula is C23H32Cl2N4O7S6. The van der Waals surface area contributed by atoms with Gasteiger partial charge in [-0.15, -0.1) is 23.2 Å². The number of nitrogens with zero attached hydrogens (tertiary/aromatic N) is 4. The fourth-order valence-electron chi connectivity index (χ4n) is 4.23. The van der Waals surface area contributed by atoms with Gasteiger partial charge < -0.3 is 0 Å². The lowest BCUT2D eigenvalue weighted by Gasteiger charge is -2.36. The van der Waals surface area contributed by atoms with Crippen LogP contribution in [-0.4, -0.2) is 92.8 Å². The largest absolute Gasteiger partial charge is 0.299 e. The van der Waals surface area contributed by atoms with Gasteiger partial charge in [-0.3, -0.25) is 28.9 Å². The second kappa shape index (κ2) is 18.6. The molecule has 1 fully saturated rings. The summed E-state index contributed by atoms with van der Waals surface area (Å²) in [5.41, 5.74) is 1.06. The van der Waals surface area contributed by atoms with Crippen LogP contribution >= 0.6 is 70.2 Å². The molecule has 0 amide bonds. The van der Waals surface area contributed by atoms with Crippen LogP contribution in [0.1, 0.15) is 37.1 Å². The summed E-state index contributed by atoms with van der Waals surface area (Å²) < 4.78 is 64.1. The van der Waals surface area contributed by atoms with E-state index in [1.165, 1.54) is 53.2 Å². The molecule has 19 heteroatoms. The average molecular weight is 740 g/mol. The Balaban J connectivity index is 2.43. The summed E-state index contributed by atoms with van der Waals surface area (Å²) in [5.74, 6) is -2.09. The number of alkyl halides is 2. The molecule has 0 aliphatic heterocycles. The molecule has 42 heavy (non-hydrogen) atoms. The molecule has 4 unspecified atom stereocenters. The minimum atomic E-state index is -4.21. The summed E-state index contributed by atoms with van der Waals surface area (Å²) in [6, 6.07) is 0. The molecule has 1 aromatic heterocycles. The van der Waals surface area contributed by atoms with Gasteiger partial charge in [0.1, 0.15) is 15.8 Å². The number of thioether (sulfide) groups is 4. The van der Waals surface area contributed by atoms with Crippen LogP contribution in [0, 0.1) is 11.8 Å². The summed E-state index contributed by atoms with van der Waals surface area (Å²) >= 11 is 16.5. The molecule has 2 rings (SSSR count). The van der Waals surface area contributed by atoms with Crippen LogP contribution in [0.4, 0.5) is 0 Å². The van der Waals surface area contributed by atoms with Crippen molar-refractivity contribution >= 4 is 109 Å².